The van der Waals surface area contributed by atoms with Crippen LogP contribution in [0.4, 0.5) is 10.5 Å². The molecule has 3 aromatic rings. The topological polar surface area (TPSA) is 75.7 Å². The monoisotopic (exact) mass is 658 g/mol. The second-order valence-corrected chi connectivity index (χ2v) is 11.5. The summed E-state index contributed by atoms with van der Waals surface area (Å²) in [4.78, 5) is 39.2. The predicted octanol–water partition coefficient (Wildman–Crippen LogP) is 6.60. The molecule has 0 unspecified atom stereocenters. The minimum atomic E-state index is -0.772. The summed E-state index contributed by atoms with van der Waals surface area (Å²) in [6.45, 7) is 6.65. The fourth-order valence-electron chi connectivity index (χ4n) is 3.63. The highest BCUT2D eigenvalue weighted by atomic mass is 127. The molecule has 0 aromatic heterocycles. The number of amides is 4. The molecule has 3 aromatic carbocycles. The van der Waals surface area contributed by atoms with Gasteiger partial charge in [-0.1, -0.05) is 51.1 Å². The first-order chi connectivity index (χ1) is 17.0. The number of benzene rings is 3. The molecule has 36 heavy (non-hydrogen) atoms. The first-order valence-corrected chi connectivity index (χ1v) is 13.1. The molecule has 6 nitrogen and oxygen atoms in total. The lowest BCUT2D eigenvalue weighted by Crippen LogP contribution is -2.54. The van der Waals surface area contributed by atoms with Crippen LogP contribution in [0.15, 0.2) is 76.8 Å². The van der Waals surface area contributed by atoms with E-state index in [-0.39, 0.29) is 11.0 Å². The van der Waals surface area contributed by atoms with Crippen LogP contribution in [0.2, 0.25) is 0 Å². The van der Waals surface area contributed by atoms with E-state index in [1.165, 1.54) is 6.08 Å². The van der Waals surface area contributed by atoms with E-state index in [1.807, 2.05) is 36.4 Å². The lowest BCUT2D eigenvalue weighted by Gasteiger charge is -2.27. The van der Waals surface area contributed by atoms with E-state index in [0.29, 0.717) is 28.1 Å². The van der Waals surface area contributed by atoms with Crippen LogP contribution in [0, 0.1) is 3.57 Å². The summed E-state index contributed by atoms with van der Waals surface area (Å²) >= 11 is 5.75. The average molecular weight is 659 g/mol. The van der Waals surface area contributed by atoms with E-state index in [1.54, 1.807) is 30.3 Å². The van der Waals surface area contributed by atoms with Crippen molar-refractivity contribution in [2.75, 3.05) is 4.90 Å². The quantitative estimate of drug-likeness (QED) is 0.191. The molecule has 0 bridgehead atoms. The maximum absolute atomic E-state index is 13.2. The van der Waals surface area contributed by atoms with E-state index in [9.17, 15) is 14.4 Å². The first-order valence-electron chi connectivity index (χ1n) is 11.2. The molecule has 1 N–H and O–H groups in total. The first kappa shape index (κ1) is 26.1. The van der Waals surface area contributed by atoms with Crippen molar-refractivity contribution >= 4 is 68.1 Å². The zero-order valence-electron chi connectivity index (χ0n) is 20.0. The number of hydrogen-bond acceptors (Lipinski definition) is 4. The van der Waals surface area contributed by atoms with Gasteiger partial charge < -0.3 is 4.74 Å². The van der Waals surface area contributed by atoms with E-state index in [4.69, 9.17) is 4.74 Å². The Balaban J connectivity index is 1.55. The van der Waals surface area contributed by atoms with Gasteiger partial charge in [-0.25, -0.2) is 9.69 Å². The number of urea groups is 1. The molecule has 0 aliphatic carbocycles. The number of ether oxygens (including phenoxy) is 1. The Bertz CT molecular complexity index is 1360. The highest BCUT2D eigenvalue weighted by Gasteiger charge is 2.37. The number of rotatable bonds is 5. The van der Waals surface area contributed by atoms with Crippen LogP contribution in [0.5, 0.6) is 5.75 Å². The fourth-order valence-corrected chi connectivity index (χ4v) is 4.51. The fraction of sp³-hybridized carbons (Fsp3) is 0.179. The molecule has 4 rings (SSSR count). The molecule has 1 heterocycles. The van der Waals surface area contributed by atoms with E-state index in [2.05, 4.69) is 64.6 Å². The third-order valence-corrected chi connectivity index (χ3v) is 7.01. The number of imide groups is 2. The van der Waals surface area contributed by atoms with Crippen molar-refractivity contribution < 1.29 is 19.1 Å². The normalized spacial score (nSPS) is 15.3. The molecule has 1 saturated heterocycles. The Morgan fingerprint density at radius 2 is 1.64 bits per heavy atom. The lowest BCUT2D eigenvalue weighted by atomic mass is 9.87. The molecule has 0 saturated carbocycles. The summed E-state index contributed by atoms with van der Waals surface area (Å²) in [6.07, 6.45) is 1.47. The zero-order chi connectivity index (χ0) is 26.0. The number of carbonyl (C=O) groups is 3. The van der Waals surface area contributed by atoms with Gasteiger partial charge in [0.05, 0.1) is 10.2 Å². The van der Waals surface area contributed by atoms with Crippen LogP contribution in [0.25, 0.3) is 6.08 Å². The summed E-state index contributed by atoms with van der Waals surface area (Å²) in [5, 5.41) is 2.26. The maximum atomic E-state index is 13.2. The van der Waals surface area contributed by atoms with Gasteiger partial charge in [0.25, 0.3) is 11.8 Å². The summed E-state index contributed by atoms with van der Waals surface area (Å²) in [6, 6.07) is 19.7. The van der Waals surface area contributed by atoms with Gasteiger partial charge in [0.1, 0.15) is 17.9 Å². The summed E-state index contributed by atoms with van der Waals surface area (Å²) in [5.74, 6) is -0.781. The Labute approximate surface area is 232 Å². The average Bonchev–Trinajstić information content (AvgIpc) is 2.82. The summed E-state index contributed by atoms with van der Waals surface area (Å²) < 4.78 is 7.73. The highest BCUT2D eigenvalue weighted by molar-refractivity contribution is 14.1. The van der Waals surface area contributed by atoms with Gasteiger partial charge in [0, 0.05) is 3.57 Å². The number of barbiturate groups is 1. The number of anilines is 1. The van der Waals surface area contributed by atoms with Crippen LogP contribution in [0.3, 0.4) is 0 Å². The Kier molecular flexibility index (Phi) is 7.65. The van der Waals surface area contributed by atoms with Gasteiger partial charge in [-0.15, -0.1) is 0 Å². The molecule has 1 aliphatic rings. The van der Waals surface area contributed by atoms with Crippen molar-refractivity contribution in [3.05, 3.63) is 97.0 Å². The zero-order valence-corrected chi connectivity index (χ0v) is 23.7. The molecule has 4 amide bonds. The van der Waals surface area contributed by atoms with Crippen molar-refractivity contribution in [3.63, 3.8) is 0 Å². The molecule has 8 heteroatoms. The molecule has 1 aliphatic heterocycles. The third kappa shape index (κ3) is 5.87. The third-order valence-electron chi connectivity index (χ3n) is 5.67. The second-order valence-electron chi connectivity index (χ2n) is 9.36. The molecule has 0 spiro atoms. The van der Waals surface area contributed by atoms with Crippen LogP contribution in [-0.4, -0.2) is 17.8 Å². The minimum Gasteiger partial charge on any atom is -0.488 e. The number of nitrogens with one attached hydrogen (secondary N) is 1. The van der Waals surface area contributed by atoms with Gasteiger partial charge in [-0.3, -0.25) is 14.9 Å². The molecule has 0 radical (unpaired) electrons. The Morgan fingerprint density at radius 1 is 0.972 bits per heavy atom. The molecule has 1 fully saturated rings. The van der Waals surface area contributed by atoms with Gasteiger partial charge in [0.2, 0.25) is 0 Å². The molecule has 184 valence electrons. The van der Waals surface area contributed by atoms with Gasteiger partial charge in [0.15, 0.2) is 0 Å². The SMILES string of the molecule is CC(C)(C)c1ccc(N2C(=O)NC(=O)/C(=C\c3ccc(OCc4ccc(I)cc4)c(Br)c3)C2=O)cc1. The van der Waals surface area contributed by atoms with Crippen molar-refractivity contribution in [2.24, 2.45) is 0 Å². The number of nitrogens with zero attached hydrogens (tertiary/aromatic N) is 1. The molecule has 0 atom stereocenters. The molecular weight excluding hydrogens is 635 g/mol. The lowest BCUT2D eigenvalue weighted by molar-refractivity contribution is -0.122. The number of hydrogen-bond donors (Lipinski definition) is 1. The van der Waals surface area contributed by atoms with E-state index < -0.39 is 17.8 Å². The second kappa shape index (κ2) is 10.6. The maximum Gasteiger partial charge on any atom is 0.335 e. The van der Waals surface area contributed by atoms with Crippen molar-refractivity contribution in [1.82, 2.24) is 5.32 Å². The van der Waals surface area contributed by atoms with Crippen molar-refractivity contribution in [3.8, 4) is 5.75 Å². The molecular formula is C28H24BrIN2O4. The predicted molar refractivity (Wildman–Crippen MR) is 152 cm³/mol. The summed E-state index contributed by atoms with van der Waals surface area (Å²) in [7, 11) is 0. The van der Waals surface area contributed by atoms with E-state index >= 15 is 0 Å². The number of carbonyl (C=O) groups excluding carboxylic acids is 3. The van der Waals surface area contributed by atoms with Gasteiger partial charge in [-0.05, 0) is 103 Å². The Hall–Kier alpha value is -2.98. The highest BCUT2D eigenvalue weighted by Crippen LogP contribution is 2.30. The van der Waals surface area contributed by atoms with Crippen LogP contribution in [-0.2, 0) is 21.6 Å². The summed E-state index contributed by atoms with van der Waals surface area (Å²) in [5.41, 5.74) is 2.91. The standard InChI is InChI=1S/C28H24BrIN2O4/c1-28(2,3)19-7-11-21(12-8-19)32-26(34)22(25(33)31-27(32)35)14-18-6-13-24(23(29)15-18)36-16-17-4-9-20(30)10-5-17/h4-15H,16H2,1-3H3,(H,31,33,35)/b22-14+. The number of halogens is 2. The van der Waals surface area contributed by atoms with Gasteiger partial charge >= 0.3 is 6.03 Å². The van der Waals surface area contributed by atoms with Crippen LogP contribution >= 0.6 is 38.5 Å². The van der Waals surface area contributed by atoms with Crippen molar-refractivity contribution in [1.29, 1.82) is 0 Å². The minimum absolute atomic E-state index is 0.0726. The van der Waals surface area contributed by atoms with Crippen LogP contribution < -0.4 is 15.0 Å². The van der Waals surface area contributed by atoms with E-state index in [0.717, 1.165) is 19.6 Å². The Morgan fingerprint density at radius 3 is 2.25 bits per heavy atom. The largest absolute Gasteiger partial charge is 0.488 e. The van der Waals surface area contributed by atoms with Gasteiger partial charge in [-0.2, -0.15) is 0 Å². The van der Waals surface area contributed by atoms with Crippen molar-refractivity contribution in [2.45, 2.75) is 32.8 Å². The van der Waals surface area contributed by atoms with Crippen LogP contribution in [0.1, 0.15) is 37.5 Å². The smallest absolute Gasteiger partial charge is 0.335 e.